The molecule has 0 aliphatic heterocycles. The first kappa shape index (κ1) is 14.3. The standard InChI is InChI=1S/C15H20BrN3/c1-4-15-17-7-8-19(15)13-6-5-12(14(16)9-13)10-18-11(2)3/h5-9,11,18H,4,10H2,1-3H3. The number of rotatable bonds is 5. The highest BCUT2D eigenvalue weighted by atomic mass is 79.9. The minimum Gasteiger partial charge on any atom is -0.310 e. The molecule has 0 unspecified atom stereocenters. The number of nitrogens with one attached hydrogen (secondary N) is 1. The van der Waals surface area contributed by atoms with E-state index in [1.807, 2.05) is 12.4 Å². The molecule has 0 spiro atoms. The molecule has 0 bridgehead atoms. The number of aromatic nitrogens is 2. The third-order valence-corrected chi connectivity index (χ3v) is 3.79. The van der Waals surface area contributed by atoms with Gasteiger partial charge in [-0.25, -0.2) is 4.98 Å². The van der Waals surface area contributed by atoms with Crippen LogP contribution in [0.25, 0.3) is 5.69 Å². The first-order valence-corrected chi connectivity index (χ1v) is 7.45. The highest BCUT2D eigenvalue weighted by molar-refractivity contribution is 9.10. The topological polar surface area (TPSA) is 29.9 Å². The normalized spacial score (nSPS) is 11.2. The summed E-state index contributed by atoms with van der Waals surface area (Å²) in [4.78, 5) is 4.36. The van der Waals surface area contributed by atoms with Gasteiger partial charge >= 0.3 is 0 Å². The zero-order valence-electron chi connectivity index (χ0n) is 11.7. The predicted molar refractivity (Wildman–Crippen MR) is 82.6 cm³/mol. The van der Waals surface area contributed by atoms with Crippen molar-refractivity contribution in [1.82, 2.24) is 14.9 Å². The second-order valence-electron chi connectivity index (χ2n) is 4.88. The summed E-state index contributed by atoms with van der Waals surface area (Å²) in [6.07, 6.45) is 4.79. The van der Waals surface area contributed by atoms with Crippen LogP contribution in [0.3, 0.4) is 0 Å². The summed E-state index contributed by atoms with van der Waals surface area (Å²) in [5.41, 5.74) is 2.42. The molecule has 0 saturated carbocycles. The van der Waals surface area contributed by atoms with Crippen LogP contribution in [-0.2, 0) is 13.0 Å². The second-order valence-corrected chi connectivity index (χ2v) is 5.73. The minimum absolute atomic E-state index is 0.493. The van der Waals surface area contributed by atoms with E-state index in [0.29, 0.717) is 6.04 Å². The molecule has 4 heteroatoms. The van der Waals surface area contributed by atoms with E-state index in [2.05, 4.69) is 69.8 Å². The van der Waals surface area contributed by atoms with Gasteiger partial charge in [0.05, 0.1) is 0 Å². The summed E-state index contributed by atoms with van der Waals surface area (Å²) in [5.74, 6) is 1.08. The van der Waals surface area contributed by atoms with E-state index in [1.54, 1.807) is 0 Å². The van der Waals surface area contributed by atoms with Crippen molar-refractivity contribution in [3.05, 3.63) is 46.5 Å². The molecule has 0 aliphatic rings. The number of hydrogen-bond donors (Lipinski definition) is 1. The van der Waals surface area contributed by atoms with E-state index in [1.165, 1.54) is 5.56 Å². The molecule has 19 heavy (non-hydrogen) atoms. The number of benzene rings is 1. The van der Waals surface area contributed by atoms with Gasteiger partial charge in [-0.3, -0.25) is 0 Å². The van der Waals surface area contributed by atoms with Crippen molar-refractivity contribution in [2.75, 3.05) is 0 Å². The number of nitrogens with zero attached hydrogens (tertiary/aromatic N) is 2. The Labute approximate surface area is 123 Å². The van der Waals surface area contributed by atoms with Gasteiger partial charge < -0.3 is 9.88 Å². The summed E-state index contributed by atoms with van der Waals surface area (Å²) >= 11 is 3.66. The van der Waals surface area contributed by atoms with Crippen molar-refractivity contribution < 1.29 is 0 Å². The molecule has 1 heterocycles. The van der Waals surface area contributed by atoms with Crippen molar-refractivity contribution in [2.45, 2.75) is 39.8 Å². The van der Waals surface area contributed by atoms with Crippen molar-refractivity contribution in [3.8, 4) is 5.69 Å². The Morgan fingerprint density at radius 2 is 2.16 bits per heavy atom. The Morgan fingerprint density at radius 1 is 1.37 bits per heavy atom. The third kappa shape index (κ3) is 3.45. The highest BCUT2D eigenvalue weighted by Crippen LogP contribution is 2.22. The first-order valence-electron chi connectivity index (χ1n) is 6.66. The molecule has 1 N–H and O–H groups in total. The molecule has 0 fully saturated rings. The quantitative estimate of drug-likeness (QED) is 0.910. The van der Waals surface area contributed by atoms with Crippen molar-refractivity contribution in [3.63, 3.8) is 0 Å². The van der Waals surface area contributed by atoms with E-state index in [9.17, 15) is 0 Å². The lowest BCUT2D eigenvalue weighted by Crippen LogP contribution is -2.22. The Bertz CT molecular complexity index is 546. The van der Waals surface area contributed by atoms with Crippen LogP contribution in [0.2, 0.25) is 0 Å². The van der Waals surface area contributed by atoms with E-state index < -0.39 is 0 Å². The Morgan fingerprint density at radius 3 is 2.79 bits per heavy atom. The Hall–Kier alpha value is -1.13. The van der Waals surface area contributed by atoms with Gasteiger partial charge in [0.25, 0.3) is 0 Å². The van der Waals surface area contributed by atoms with Gasteiger partial charge in [-0.15, -0.1) is 0 Å². The fourth-order valence-corrected chi connectivity index (χ4v) is 2.48. The second kappa shape index (κ2) is 6.35. The van der Waals surface area contributed by atoms with Gasteiger partial charge in [-0.1, -0.05) is 42.8 Å². The van der Waals surface area contributed by atoms with Gasteiger partial charge in [0.2, 0.25) is 0 Å². The number of aryl methyl sites for hydroxylation is 1. The maximum atomic E-state index is 4.36. The molecule has 0 amide bonds. The van der Waals surface area contributed by atoms with Crippen molar-refractivity contribution in [1.29, 1.82) is 0 Å². The molecular weight excluding hydrogens is 302 g/mol. The van der Waals surface area contributed by atoms with Gasteiger partial charge in [-0.05, 0) is 17.7 Å². The van der Waals surface area contributed by atoms with Crippen LogP contribution in [-0.4, -0.2) is 15.6 Å². The molecule has 102 valence electrons. The monoisotopic (exact) mass is 321 g/mol. The molecule has 0 atom stereocenters. The zero-order valence-corrected chi connectivity index (χ0v) is 13.2. The molecular formula is C15H20BrN3. The molecule has 1 aromatic carbocycles. The van der Waals surface area contributed by atoms with Crippen molar-refractivity contribution in [2.24, 2.45) is 0 Å². The average molecular weight is 322 g/mol. The largest absolute Gasteiger partial charge is 0.310 e. The summed E-state index contributed by atoms with van der Waals surface area (Å²) in [7, 11) is 0. The molecule has 1 aromatic heterocycles. The number of hydrogen-bond acceptors (Lipinski definition) is 2. The number of halogens is 1. The minimum atomic E-state index is 0.493. The maximum absolute atomic E-state index is 4.36. The van der Waals surface area contributed by atoms with Gasteiger partial charge in [0.15, 0.2) is 0 Å². The van der Waals surface area contributed by atoms with Gasteiger partial charge in [0, 0.05) is 41.6 Å². The summed E-state index contributed by atoms with van der Waals surface area (Å²) in [6, 6.07) is 6.95. The highest BCUT2D eigenvalue weighted by Gasteiger charge is 2.06. The fourth-order valence-electron chi connectivity index (χ4n) is 1.97. The predicted octanol–water partition coefficient (Wildman–Crippen LogP) is 3.70. The average Bonchev–Trinajstić information content (AvgIpc) is 2.85. The summed E-state index contributed by atoms with van der Waals surface area (Å²) in [5, 5.41) is 3.43. The van der Waals surface area contributed by atoms with Gasteiger partial charge in [0.1, 0.15) is 5.82 Å². The SMILES string of the molecule is CCc1nccn1-c1ccc(CNC(C)C)c(Br)c1. The van der Waals surface area contributed by atoms with Crippen LogP contribution >= 0.6 is 15.9 Å². The maximum Gasteiger partial charge on any atom is 0.112 e. The molecule has 0 radical (unpaired) electrons. The lowest BCUT2D eigenvalue weighted by atomic mass is 10.2. The van der Waals surface area contributed by atoms with Crippen molar-refractivity contribution >= 4 is 15.9 Å². The third-order valence-electron chi connectivity index (χ3n) is 3.05. The van der Waals surface area contributed by atoms with Gasteiger partial charge in [-0.2, -0.15) is 0 Å². The molecule has 0 aliphatic carbocycles. The van der Waals surface area contributed by atoms with Crippen LogP contribution in [0.1, 0.15) is 32.2 Å². The lowest BCUT2D eigenvalue weighted by molar-refractivity contribution is 0.588. The molecule has 3 nitrogen and oxygen atoms in total. The first-order chi connectivity index (χ1) is 9.11. The summed E-state index contributed by atoms with van der Waals surface area (Å²) < 4.78 is 3.26. The van der Waals surface area contributed by atoms with E-state index >= 15 is 0 Å². The smallest absolute Gasteiger partial charge is 0.112 e. The molecule has 2 rings (SSSR count). The fraction of sp³-hybridized carbons (Fsp3) is 0.400. The van der Waals surface area contributed by atoms with E-state index in [0.717, 1.165) is 29.0 Å². The van der Waals surface area contributed by atoms with Crippen LogP contribution in [0.15, 0.2) is 35.1 Å². The Balaban J connectivity index is 2.23. The zero-order chi connectivity index (χ0) is 13.8. The summed E-state index contributed by atoms with van der Waals surface area (Å²) in [6.45, 7) is 7.31. The van der Waals surface area contributed by atoms with E-state index in [-0.39, 0.29) is 0 Å². The lowest BCUT2D eigenvalue weighted by Gasteiger charge is -2.12. The van der Waals surface area contributed by atoms with E-state index in [4.69, 9.17) is 0 Å². The van der Waals surface area contributed by atoms with Crippen LogP contribution in [0, 0.1) is 0 Å². The number of imidazole rings is 1. The van der Waals surface area contributed by atoms with Crippen LogP contribution < -0.4 is 5.32 Å². The molecule has 2 aromatic rings. The van der Waals surface area contributed by atoms with Crippen LogP contribution in [0.4, 0.5) is 0 Å². The van der Waals surface area contributed by atoms with Crippen LogP contribution in [0.5, 0.6) is 0 Å². The molecule has 0 saturated heterocycles. The Kier molecular flexibility index (Phi) is 4.77.